The lowest BCUT2D eigenvalue weighted by Gasteiger charge is -2.24. The lowest BCUT2D eigenvalue weighted by atomic mass is 9.92. The zero-order chi connectivity index (χ0) is 22.0. The highest BCUT2D eigenvalue weighted by Gasteiger charge is 2.57. The maximum absolute atomic E-state index is 11.8. The number of aliphatic hydroxyl groups is 2. The van der Waals surface area contributed by atoms with Gasteiger partial charge in [-0.2, -0.15) is 10.4 Å². The second kappa shape index (κ2) is 8.11. The summed E-state index contributed by atoms with van der Waals surface area (Å²) in [6, 6.07) is 6.54. The average Bonchev–Trinajstić information content (AvgIpc) is 3.33. The molecule has 1 saturated heterocycles. The van der Waals surface area contributed by atoms with E-state index >= 15 is 0 Å². The molecule has 160 valence electrons. The fraction of sp³-hybridized carbons (Fsp3) is 0.333. The number of carbonyl (C=O) groups is 1. The lowest BCUT2D eigenvalue weighted by molar-refractivity contribution is -0.0726. The molecule has 0 saturated carbocycles. The fourth-order valence-corrected chi connectivity index (χ4v) is 3.27. The van der Waals surface area contributed by atoms with Crippen molar-refractivity contribution < 1.29 is 29.2 Å². The van der Waals surface area contributed by atoms with Gasteiger partial charge in [-0.05, 0) is 18.2 Å². The Kier molecular flexibility index (Phi) is 5.34. The minimum Gasteiger partial charge on any atom is -0.431 e. The van der Waals surface area contributed by atoms with Crippen LogP contribution in [0.1, 0.15) is 11.5 Å². The van der Waals surface area contributed by atoms with E-state index in [2.05, 4.69) is 20.1 Å². The number of carbonyl (C=O) groups excluding carboxylic acids is 1. The van der Waals surface area contributed by atoms with E-state index in [-0.39, 0.29) is 23.9 Å². The summed E-state index contributed by atoms with van der Waals surface area (Å²) in [5, 5.41) is 34.9. The molecular weight excluding hydrogens is 410 g/mol. The minimum atomic E-state index is -1.98. The van der Waals surface area contributed by atoms with Gasteiger partial charge in [0.05, 0.1) is 5.69 Å². The second-order valence-electron chi connectivity index (χ2n) is 6.61. The van der Waals surface area contributed by atoms with Crippen LogP contribution in [0.15, 0.2) is 36.9 Å². The molecule has 0 aliphatic carbocycles. The van der Waals surface area contributed by atoms with Crippen LogP contribution in [0.5, 0.6) is 0 Å². The molecule has 4 N–H and O–H groups in total. The standard InChI is InChI=1S/C18H17N7O6/c19-8-18(12-3-2-10-16(20)23-9-24-25(10)12)15(27)14(26)11(31-18)6-29-17(28)30-7-13-21-4-1-5-22-13/h1-5,9,11,14-15,26-27H,6-7H2,(H2,20,23,24)/t11-,14-,15-,18+/m1/s1. The topological polar surface area (TPSA) is 191 Å². The smallest absolute Gasteiger partial charge is 0.431 e. The van der Waals surface area contributed by atoms with Crippen LogP contribution in [0.25, 0.3) is 5.52 Å². The van der Waals surface area contributed by atoms with E-state index < -0.39 is 36.7 Å². The summed E-state index contributed by atoms with van der Waals surface area (Å²) in [6.45, 7) is -0.688. The van der Waals surface area contributed by atoms with Gasteiger partial charge in [-0.1, -0.05) is 0 Å². The highest BCUT2D eigenvalue weighted by atomic mass is 16.7. The molecule has 13 heteroatoms. The maximum atomic E-state index is 11.8. The monoisotopic (exact) mass is 427 g/mol. The van der Waals surface area contributed by atoms with Crippen LogP contribution >= 0.6 is 0 Å². The lowest BCUT2D eigenvalue weighted by Crippen LogP contribution is -2.41. The number of nitrogens with two attached hydrogens (primary N) is 1. The van der Waals surface area contributed by atoms with Gasteiger partial charge < -0.3 is 30.2 Å². The summed E-state index contributed by atoms with van der Waals surface area (Å²) in [5.74, 6) is 0.435. The van der Waals surface area contributed by atoms with Crippen molar-refractivity contribution in [2.24, 2.45) is 0 Å². The van der Waals surface area contributed by atoms with Crippen LogP contribution in [0.3, 0.4) is 0 Å². The molecule has 4 rings (SSSR count). The molecule has 1 fully saturated rings. The molecule has 0 radical (unpaired) electrons. The number of anilines is 1. The summed E-state index contributed by atoms with van der Waals surface area (Å²) < 4.78 is 16.8. The molecule has 0 unspecified atom stereocenters. The summed E-state index contributed by atoms with van der Waals surface area (Å²) in [4.78, 5) is 23.5. The summed E-state index contributed by atoms with van der Waals surface area (Å²) in [5.41, 5.74) is 4.35. The van der Waals surface area contributed by atoms with Gasteiger partial charge >= 0.3 is 6.16 Å². The molecule has 0 amide bonds. The van der Waals surface area contributed by atoms with Crippen molar-refractivity contribution in [1.29, 1.82) is 5.26 Å². The number of hydrogen-bond donors (Lipinski definition) is 3. The number of hydrogen-bond acceptors (Lipinski definition) is 12. The molecule has 0 aromatic carbocycles. The predicted molar refractivity (Wildman–Crippen MR) is 99.7 cm³/mol. The van der Waals surface area contributed by atoms with Crippen molar-refractivity contribution in [1.82, 2.24) is 24.6 Å². The van der Waals surface area contributed by atoms with Crippen LogP contribution in [-0.4, -0.2) is 65.9 Å². The zero-order valence-corrected chi connectivity index (χ0v) is 15.9. The summed E-state index contributed by atoms with van der Waals surface area (Å²) in [7, 11) is 0. The molecule has 31 heavy (non-hydrogen) atoms. The predicted octanol–water partition coefficient (Wildman–Crippen LogP) is -0.706. The quantitative estimate of drug-likeness (QED) is 0.434. The van der Waals surface area contributed by atoms with Crippen molar-refractivity contribution in [2.45, 2.75) is 30.5 Å². The molecule has 0 bridgehead atoms. The van der Waals surface area contributed by atoms with Crippen molar-refractivity contribution >= 4 is 17.5 Å². The Hall–Kier alpha value is -3.86. The number of ether oxygens (including phenoxy) is 3. The van der Waals surface area contributed by atoms with E-state index in [0.29, 0.717) is 5.52 Å². The third-order valence-corrected chi connectivity index (χ3v) is 4.79. The van der Waals surface area contributed by atoms with Crippen LogP contribution in [-0.2, 0) is 26.4 Å². The Morgan fingerprint density at radius 1 is 1.29 bits per heavy atom. The van der Waals surface area contributed by atoms with Crippen LogP contribution < -0.4 is 5.73 Å². The number of aliphatic hydroxyl groups excluding tert-OH is 2. The molecule has 3 aromatic rings. The Morgan fingerprint density at radius 3 is 2.81 bits per heavy atom. The van der Waals surface area contributed by atoms with Gasteiger partial charge in [0.25, 0.3) is 0 Å². The van der Waals surface area contributed by atoms with Gasteiger partial charge in [-0.25, -0.2) is 24.3 Å². The molecular formula is C18H17N7O6. The Balaban J connectivity index is 1.47. The Bertz CT molecular complexity index is 1130. The molecule has 1 aliphatic rings. The average molecular weight is 427 g/mol. The van der Waals surface area contributed by atoms with Crippen LogP contribution in [0.2, 0.25) is 0 Å². The first-order valence-electron chi connectivity index (χ1n) is 9.05. The number of nitrogens with zero attached hydrogens (tertiary/aromatic N) is 6. The van der Waals surface area contributed by atoms with Gasteiger partial charge in [-0.15, -0.1) is 0 Å². The van der Waals surface area contributed by atoms with Gasteiger partial charge in [0.1, 0.15) is 42.8 Å². The normalized spacial score (nSPS) is 25.3. The number of fused-ring (bicyclic) bond motifs is 1. The second-order valence-corrected chi connectivity index (χ2v) is 6.61. The Labute approximate surface area is 174 Å². The van der Waals surface area contributed by atoms with Crippen molar-refractivity contribution in [2.75, 3.05) is 12.3 Å². The third-order valence-electron chi connectivity index (χ3n) is 4.79. The number of nitriles is 1. The first-order valence-corrected chi connectivity index (χ1v) is 9.05. The van der Waals surface area contributed by atoms with Crippen molar-refractivity contribution in [3.05, 3.63) is 48.4 Å². The number of rotatable bonds is 5. The van der Waals surface area contributed by atoms with E-state index in [0.717, 1.165) is 0 Å². The van der Waals surface area contributed by atoms with Gasteiger partial charge in [0, 0.05) is 12.4 Å². The maximum Gasteiger partial charge on any atom is 0.508 e. The SMILES string of the molecule is N#C[C@@]1(c2ccc3c(N)ncnn23)O[C@H](COC(=O)OCc2ncccn2)[C@@H](O)[C@H]1O. The van der Waals surface area contributed by atoms with Gasteiger partial charge in [0.2, 0.25) is 5.60 Å². The first-order chi connectivity index (χ1) is 15.0. The van der Waals surface area contributed by atoms with Crippen LogP contribution in [0.4, 0.5) is 10.6 Å². The molecule has 13 nitrogen and oxygen atoms in total. The van der Waals surface area contributed by atoms with Crippen LogP contribution in [0, 0.1) is 11.3 Å². The van der Waals surface area contributed by atoms with E-state index in [1.807, 2.05) is 6.07 Å². The summed E-state index contributed by atoms with van der Waals surface area (Å²) >= 11 is 0. The highest BCUT2D eigenvalue weighted by molar-refractivity contribution is 5.66. The minimum absolute atomic E-state index is 0.136. The van der Waals surface area contributed by atoms with Crippen molar-refractivity contribution in [3.8, 4) is 6.07 Å². The summed E-state index contributed by atoms with van der Waals surface area (Å²) in [6.07, 6.45) is -1.29. The first kappa shape index (κ1) is 20.4. The molecule has 4 heterocycles. The third kappa shape index (κ3) is 3.59. The zero-order valence-electron chi connectivity index (χ0n) is 15.9. The molecule has 1 aliphatic heterocycles. The van der Waals surface area contributed by atoms with Gasteiger partial charge in [-0.3, -0.25) is 0 Å². The number of aromatic nitrogens is 5. The molecule has 4 atom stereocenters. The number of nitrogen functional groups attached to an aromatic ring is 1. The van der Waals surface area contributed by atoms with Crippen molar-refractivity contribution in [3.63, 3.8) is 0 Å². The van der Waals surface area contributed by atoms with E-state index in [1.165, 1.54) is 29.3 Å². The van der Waals surface area contributed by atoms with E-state index in [4.69, 9.17) is 19.9 Å². The Morgan fingerprint density at radius 2 is 2.06 bits per heavy atom. The fourth-order valence-electron chi connectivity index (χ4n) is 3.27. The van der Waals surface area contributed by atoms with E-state index in [1.54, 1.807) is 12.1 Å². The largest absolute Gasteiger partial charge is 0.508 e. The van der Waals surface area contributed by atoms with E-state index in [9.17, 15) is 20.3 Å². The highest BCUT2D eigenvalue weighted by Crippen LogP contribution is 2.40. The molecule has 0 spiro atoms. The molecule has 3 aromatic heterocycles. The van der Waals surface area contributed by atoms with Gasteiger partial charge in [0.15, 0.2) is 18.2 Å².